The van der Waals surface area contributed by atoms with Crippen molar-refractivity contribution in [2.75, 3.05) is 31.7 Å². The summed E-state index contributed by atoms with van der Waals surface area (Å²) in [6.07, 6.45) is 3.01. The molecule has 0 spiro atoms. The smallest absolute Gasteiger partial charge is 0.226 e. The Hall–Kier alpha value is -1.60. The maximum Gasteiger partial charge on any atom is 0.226 e. The highest BCUT2D eigenvalue weighted by atomic mass is 32.2. The third-order valence-corrected chi connectivity index (χ3v) is 7.79. The molecule has 142 valence electrons. The number of piperazine rings is 1. The van der Waals surface area contributed by atoms with Crippen LogP contribution in [0.2, 0.25) is 0 Å². The number of methoxy groups -OCH3 is 1. The van der Waals surface area contributed by atoms with Crippen LogP contribution in [-0.2, 0) is 21.2 Å². The SMILES string of the molecule is COc1ccccc1CN1CCN(C(=O)C2CCC2)[C@@H]2CS(=O)(=O)C[C@@H]21. The Morgan fingerprint density at radius 1 is 1.15 bits per heavy atom. The number of benzene rings is 1. The van der Waals surface area contributed by atoms with Crippen LogP contribution in [-0.4, -0.2) is 67.9 Å². The van der Waals surface area contributed by atoms with Crippen LogP contribution in [0.25, 0.3) is 0 Å². The van der Waals surface area contributed by atoms with E-state index in [1.165, 1.54) is 0 Å². The predicted octanol–water partition coefficient (Wildman–Crippen LogP) is 1.31. The number of para-hydroxylation sites is 1. The van der Waals surface area contributed by atoms with E-state index in [0.29, 0.717) is 19.6 Å². The first kappa shape index (κ1) is 17.8. The summed E-state index contributed by atoms with van der Waals surface area (Å²) >= 11 is 0. The Balaban J connectivity index is 1.56. The monoisotopic (exact) mass is 378 g/mol. The van der Waals surface area contributed by atoms with E-state index >= 15 is 0 Å². The van der Waals surface area contributed by atoms with Gasteiger partial charge >= 0.3 is 0 Å². The number of fused-ring (bicyclic) bond motifs is 1. The van der Waals surface area contributed by atoms with Crippen LogP contribution < -0.4 is 4.74 Å². The number of carbonyl (C=O) groups is 1. The van der Waals surface area contributed by atoms with Crippen molar-refractivity contribution in [1.29, 1.82) is 0 Å². The zero-order valence-electron chi connectivity index (χ0n) is 15.1. The first-order chi connectivity index (χ1) is 12.5. The van der Waals surface area contributed by atoms with Gasteiger partial charge in [0.15, 0.2) is 9.84 Å². The van der Waals surface area contributed by atoms with Crippen molar-refractivity contribution in [3.05, 3.63) is 29.8 Å². The lowest BCUT2D eigenvalue weighted by molar-refractivity contribution is -0.144. The average Bonchev–Trinajstić information content (AvgIpc) is 2.89. The van der Waals surface area contributed by atoms with Gasteiger partial charge in [-0.2, -0.15) is 0 Å². The normalized spacial score (nSPS) is 28.4. The van der Waals surface area contributed by atoms with Gasteiger partial charge in [0.05, 0.1) is 24.7 Å². The van der Waals surface area contributed by atoms with E-state index < -0.39 is 9.84 Å². The number of ether oxygens (including phenoxy) is 1. The third kappa shape index (κ3) is 3.22. The van der Waals surface area contributed by atoms with Crippen LogP contribution in [0.5, 0.6) is 5.75 Å². The van der Waals surface area contributed by atoms with E-state index in [4.69, 9.17) is 4.74 Å². The molecule has 7 heteroatoms. The molecule has 3 aliphatic rings. The summed E-state index contributed by atoms with van der Waals surface area (Å²) in [6, 6.07) is 7.51. The summed E-state index contributed by atoms with van der Waals surface area (Å²) in [4.78, 5) is 16.9. The molecule has 2 atom stereocenters. The highest BCUT2D eigenvalue weighted by molar-refractivity contribution is 7.91. The van der Waals surface area contributed by atoms with E-state index in [9.17, 15) is 13.2 Å². The molecule has 0 N–H and O–H groups in total. The molecule has 0 radical (unpaired) electrons. The third-order valence-electron chi connectivity index (χ3n) is 6.09. The molecule has 2 aliphatic heterocycles. The lowest BCUT2D eigenvalue weighted by Gasteiger charge is -2.46. The molecule has 2 saturated heterocycles. The Kier molecular flexibility index (Phi) is 4.69. The predicted molar refractivity (Wildman–Crippen MR) is 98.7 cm³/mol. The molecule has 0 unspecified atom stereocenters. The molecule has 0 aromatic heterocycles. The van der Waals surface area contributed by atoms with Crippen molar-refractivity contribution in [2.45, 2.75) is 37.9 Å². The molecule has 1 aromatic carbocycles. The van der Waals surface area contributed by atoms with Crippen LogP contribution in [0, 0.1) is 5.92 Å². The second-order valence-corrected chi connectivity index (χ2v) is 9.81. The Bertz CT molecular complexity index is 790. The summed E-state index contributed by atoms with van der Waals surface area (Å²) in [7, 11) is -1.47. The van der Waals surface area contributed by atoms with Crippen LogP contribution in [0.15, 0.2) is 24.3 Å². The van der Waals surface area contributed by atoms with Crippen LogP contribution >= 0.6 is 0 Å². The zero-order chi connectivity index (χ0) is 18.3. The lowest BCUT2D eigenvalue weighted by atomic mass is 9.83. The summed E-state index contributed by atoms with van der Waals surface area (Å²) in [5, 5.41) is 0. The highest BCUT2D eigenvalue weighted by Crippen LogP contribution is 2.34. The summed E-state index contributed by atoms with van der Waals surface area (Å²) in [5.74, 6) is 1.33. The minimum atomic E-state index is -3.12. The molecule has 1 saturated carbocycles. The average molecular weight is 378 g/mol. The number of carbonyl (C=O) groups excluding carboxylic acids is 1. The van der Waals surface area contributed by atoms with Gasteiger partial charge in [0.2, 0.25) is 5.91 Å². The van der Waals surface area contributed by atoms with Crippen molar-refractivity contribution in [2.24, 2.45) is 5.92 Å². The fourth-order valence-electron chi connectivity index (χ4n) is 4.44. The van der Waals surface area contributed by atoms with E-state index in [-0.39, 0.29) is 35.4 Å². The molecular formula is C19H26N2O4S. The van der Waals surface area contributed by atoms with Crippen molar-refractivity contribution < 1.29 is 17.9 Å². The molecule has 3 fully saturated rings. The molecular weight excluding hydrogens is 352 g/mol. The molecule has 1 aliphatic carbocycles. The van der Waals surface area contributed by atoms with E-state index in [0.717, 1.165) is 30.6 Å². The molecule has 1 amide bonds. The van der Waals surface area contributed by atoms with Gasteiger partial charge in [-0.25, -0.2) is 8.42 Å². The standard InChI is InChI=1S/C19H26N2O4S/c1-25-18-8-3-2-5-15(18)11-20-9-10-21(19(22)14-6-4-7-14)17-13-26(23,24)12-16(17)20/h2-3,5,8,14,16-17H,4,6-7,9-13H2,1H3/t16-,17+/m0/s1. The van der Waals surface area contributed by atoms with Crippen molar-refractivity contribution in [3.8, 4) is 5.75 Å². The van der Waals surface area contributed by atoms with Gasteiger partial charge in [-0.15, -0.1) is 0 Å². The van der Waals surface area contributed by atoms with Gasteiger partial charge in [-0.1, -0.05) is 24.6 Å². The molecule has 2 heterocycles. The Labute approximate surface area is 155 Å². The number of hydrogen-bond acceptors (Lipinski definition) is 5. The van der Waals surface area contributed by atoms with Crippen LogP contribution in [0.3, 0.4) is 0 Å². The van der Waals surface area contributed by atoms with Gasteiger partial charge in [0, 0.05) is 37.2 Å². The summed E-state index contributed by atoms with van der Waals surface area (Å²) in [5.41, 5.74) is 1.05. The maximum atomic E-state index is 12.8. The maximum absolute atomic E-state index is 12.8. The van der Waals surface area contributed by atoms with E-state index in [1.807, 2.05) is 29.2 Å². The number of rotatable bonds is 4. The molecule has 4 rings (SSSR count). The van der Waals surface area contributed by atoms with Gasteiger partial charge in [0.1, 0.15) is 5.75 Å². The van der Waals surface area contributed by atoms with Crippen molar-refractivity contribution >= 4 is 15.7 Å². The second-order valence-electron chi connectivity index (χ2n) is 7.65. The fraction of sp³-hybridized carbons (Fsp3) is 0.632. The number of hydrogen-bond donors (Lipinski definition) is 0. The zero-order valence-corrected chi connectivity index (χ0v) is 16.0. The van der Waals surface area contributed by atoms with Gasteiger partial charge in [-0.05, 0) is 18.9 Å². The quantitative estimate of drug-likeness (QED) is 0.790. The first-order valence-electron chi connectivity index (χ1n) is 9.35. The number of sulfone groups is 1. The van der Waals surface area contributed by atoms with Gasteiger partial charge in [-0.3, -0.25) is 9.69 Å². The molecule has 6 nitrogen and oxygen atoms in total. The van der Waals surface area contributed by atoms with E-state index in [2.05, 4.69) is 4.90 Å². The first-order valence-corrected chi connectivity index (χ1v) is 11.2. The number of nitrogens with zero attached hydrogens (tertiary/aromatic N) is 2. The van der Waals surface area contributed by atoms with Crippen molar-refractivity contribution in [1.82, 2.24) is 9.80 Å². The topological polar surface area (TPSA) is 66.9 Å². The summed E-state index contributed by atoms with van der Waals surface area (Å²) < 4.78 is 30.1. The van der Waals surface area contributed by atoms with Gasteiger partial charge in [0.25, 0.3) is 0 Å². The molecule has 1 aromatic rings. The van der Waals surface area contributed by atoms with Gasteiger partial charge < -0.3 is 9.64 Å². The molecule has 0 bridgehead atoms. The second kappa shape index (κ2) is 6.85. The molecule has 26 heavy (non-hydrogen) atoms. The van der Waals surface area contributed by atoms with E-state index in [1.54, 1.807) is 7.11 Å². The Morgan fingerprint density at radius 3 is 2.58 bits per heavy atom. The largest absolute Gasteiger partial charge is 0.496 e. The minimum Gasteiger partial charge on any atom is -0.496 e. The van der Waals surface area contributed by atoms with Crippen LogP contribution in [0.1, 0.15) is 24.8 Å². The summed E-state index contributed by atoms with van der Waals surface area (Å²) in [6.45, 7) is 1.96. The van der Waals surface area contributed by atoms with Crippen LogP contribution in [0.4, 0.5) is 0 Å². The fourth-order valence-corrected chi connectivity index (χ4v) is 6.45. The minimum absolute atomic E-state index is 0.0958. The highest BCUT2D eigenvalue weighted by Gasteiger charge is 2.49. The number of amides is 1. The Morgan fingerprint density at radius 2 is 1.88 bits per heavy atom. The lowest BCUT2D eigenvalue weighted by Crippen LogP contribution is -2.61. The van der Waals surface area contributed by atoms with Crippen molar-refractivity contribution in [3.63, 3.8) is 0 Å².